The number of ether oxygens (including phenoxy) is 1. The molecule has 232 valence electrons. The second-order valence-corrected chi connectivity index (χ2v) is 13.8. The van der Waals surface area contributed by atoms with Crippen LogP contribution in [0.15, 0.2) is 134 Å². The zero-order chi connectivity index (χ0) is 32.1. The monoisotopic (exact) mass is 623 g/mol. The molecule has 9 aromatic rings. The van der Waals surface area contributed by atoms with Gasteiger partial charge < -0.3 is 18.9 Å². The van der Waals surface area contributed by atoms with Gasteiger partial charge in [-0.2, -0.15) is 0 Å². The second kappa shape index (κ2) is 9.75. The van der Waals surface area contributed by atoms with Gasteiger partial charge >= 0.3 is 0 Å². The molecule has 6 heteroatoms. The SMILES string of the molecule is CC(C)(C)N1C=CN(c2cccc(Oc3ccc4c5cccc6c7cccc8c9ccccc9n(c9cccnc9n(c4c3)c56)c87)c2)C1. The van der Waals surface area contributed by atoms with Crippen LogP contribution in [0, 0.1) is 0 Å². The largest absolute Gasteiger partial charge is 0.457 e. The fourth-order valence-corrected chi connectivity index (χ4v) is 7.65. The Hall–Kier alpha value is -6.01. The van der Waals surface area contributed by atoms with E-state index in [1.165, 1.54) is 38.0 Å². The van der Waals surface area contributed by atoms with E-state index in [2.05, 4.69) is 155 Å². The Labute approximate surface area is 277 Å². The number of nitrogens with zero attached hydrogens (tertiary/aromatic N) is 5. The third kappa shape index (κ3) is 3.83. The van der Waals surface area contributed by atoms with Crippen molar-refractivity contribution < 1.29 is 4.74 Å². The minimum Gasteiger partial charge on any atom is -0.457 e. The molecule has 0 fully saturated rings. The summed E-state index contributed by atoms with van der Waals surface area (Å²) in [4.78, 5) is 9.68. The van der Waals surface area contributed by atoms with Gasteiger partial charge in [0.05, 0.1) is 34.3 Å². The molecule has 0 amide bonds. The third-order valence-corrected chi connectivity index (χ3v) is 9.94. The lowest BCUT2D eigenvalue weighted by Gasteiger charge is -2.33. The van der Waals surface area contributed by atoms with Gasteiger partial charge in [0.25, 0.3) is 0 Å². The topological polar surface area (TPSA) is 37.4 Å². The number of rotatable bonds is 3. The lowest BCUT2D eigenvalue weighted by atomic mass is 10.0. The number of hydrogen-bond donors (Lipinski definition) is 0. The fraction of sp³-hybridized carbons (Fsp3) is 0.119. The van der Waals surface area contributed by atoms with Crippen molar-refractivity contribution >= 4 is 71.2 Å². The van der Waals surface area contributed by atoms with E-state index in [9.17, 15) is 0 Å². The van der Waals surface area contributed by atoms with Crippen LogP contribution in [0.4, 0.5) is 5.69 Å². The summed E-state index contributed by atoms with van der Waals surface area (Å²) >= 11 is 0. The molecular formula is C42H33N5O. The number of benzene rings is 5. The van der Waals surface area contributed by atoms with E-state index in [1.807, 2.05) is 18.3 Å². The normalized spacial score (nSPS) is 13.9. The maximum absolute atomic E-state index is 6.61. The predicted molar refractivity (Wildman–Crippen MR) is 198 cm³/mol. The Morgan fingerprint density at radius 3 is 1.98 bits per heavy atom. The molecule has 0 saturated carbocycles. The van der Waals surface area contributed by atoms with Crippen LogP contribution in [0.1, 0.15) is 20.8 Å². The highest BCUT2D eigenvalue weighted by Gasteiger charge is 2.24. The summed E-state index contributed by atoms with van der Waals surface area (Å²) in [5.74, 6) is 1.58. The van der Waals surface area contributed by atoms with Crippen molar-refractivity contribution in [1.29, 1.82) is 0 Å². The van der Waals surface area contributed by atoms with Gasteiger partial charge in [0.15, 0.2) is 5.65 Å². The minimum atomic E-state index is 0.0591. The van der Waals surface area contributed by atoms with Crippen LogP contribution < -0.4 is 9.64 Å². The summed E-state index contributed by atoms with van der Waals surface area (Å²) in [7, 11) is 0. The van der Waals surface area contributed by atoms with Gasteiger partial charge in [-0.3, -0.25) is 4.40 Å². The number of pyridine rings is 1. The summed E-state index contributed by atoms with van der Waals surface area (Å²) in [6.07, 6.45) is 6.20. The molecule has 1 aliphatic heterocycles. The van der Waals surface area contributed by atoms with Gasteiger partial charge in [-0.15, -0.1) is 0 Å². The van der Waals surface area contributed by atoms with Crippen LogP contribution >= 0.6 is 0 Å². The molecule has 6 nitrogen and oxygen atoms in total. The third-order valence-electron chi connectivity index (χ3n) is 9.94. The highest BCUT2D eigenvalue weighted by atomic mass is 16.5. The van der Waals surface area contributed by atoms with Crippen LogP contribution in [0.25, 0.3) is 65.5 Å². The summed E-state index contributed by atoms with van der Waals surface area (Å²) < 4.78 is 11.4. The molecule has 48 heavy (non-hydrogen) atoms. The van der Waals surface area contributed by atoms with Gasteiger partial charge in [-0.1, -0.05) is 60.7 Å². The van der Waals surface area contributed by atoms with Gasteiger partial charge in [0, 0.05) is 74.3 Å². The first kappa shape index (κ1) is 27.1. The standard InChI is InChI=1S/C42H33N5O/c1-42(2,3)45-23-22-44(26-45)27-10-6-11-28(24-27)48-29-19-20-31-33-14-8-16-35-34-15-7-13-32-30-12-4-5-17-36(30)46(39(32)34)37-18-9-21-43-41(37)47(40(33)35)38(31)25-29/h4-25H,26H2,1-3H3. The molecule has 0 bridgehead atoms. The van der Waals surface area contributed by atoms with Crippen LogP contribution in [0.2, 0.25) is 0 Å². The molecule has 0 aliphatic carbocycles. The van der Waals surface area contributed by atoms with Crippen molar-refractivity contribution in [2.75, 3.05) is 11.6 Å². The Balaban J connectivity index is 1.22. The highest BCUT2D eigenvalue weighted by molar-refractivity contribution is 6.25. The first-order valence-electron chi connectivity index (χ1n) is 16.5. The molecule has 0 N–H and O–H groups in total. The van der Waals surface area contributed by atoms with E-state index in [0.29, 0.717) is 0 Å². The molecule has 0 radical (unpaired) electrons. The van der Waals surface area contributed by atoms with Gasteiger partial charge in [0.1, 0.15) is 11.5 Å². The molecule has 0 saturated heterocycles. The second-order valence-electron chi connectivity index (χ2n) is 13.8. The minimum absolute atomic E-state index is 0.0591. The Bertz CT molecular complexity index is 2800. The molecule has 5 heterocycles. The van der Waals surface area contributed by atoms with Crippen molar-refractivity contribution in [3.8, 4) is 11.5 Å². The smallest absolute Gasteiger partial charge is 0.162 e. The zero-order valence-corrected chi connectivity index (χ0v) is 27.1. The van der Waals surface area contributed by atoms with Crippen LogP contribution in [-0.4, -0.2) is 30.9 Å². The molecule has 0 spiro atoms. The van der Waals surface area contributed by atoms with E-state index in [4.69, 9.17) is 9.72 Å². The van der Waals surface area contributed by atoms with Crippen molar-refractivity contribution in [2.45, 2.75) is 26.3 Å². The van der Waals surface area contributed by atoms with Crippen molar-refractivity contribution in [3.63, 3.8) is 0 Å². The molecule has 0 atom stereocenters. The summed E-state index contributed by atoms with van der Waals surface area (Å²) in [6, 6.07) is 41.0. The first-order chi connectivity index (χ1) is 23.4. The van der Waals surface area contributed by atoms with Gasteiger partial charge in [0.2, 0.25) is 0 Å². The number of para-hydroxylation sites is 3. The van der Waals surface area contributed by atoms with Crippen molar-refractivity contribution in [2.24, 2.45) is 0 Å². The number of anilines is 1. The van der Waals surface area contributed by atoms with E-state index >= 15 is 0 Å². The molecule has 10 rings (SSSR count). The van der Waals surface area contributed by atoms with E-state index < -0.39 is 0 Å². The average molecular weight is 624 g/mol. The van der Waals surface area contributed by atoms with E-state index in [1.54, 1.807) is 0 Å². The van der Waals surface area contributed by atoms with Crippen molar-refractivity contribution in [1.82, 2.24) is 18.7 Å². The fourth-order valence-electron chi connectivity index (χ4n) is 7.65. The lowest BCUT2D eigenvalue weighted by Crippen LogP contribution is -2.39. The van der Waals surface area contributed by atoms with Crippen molar-refractivity contribution in [3.05, 3.63) is 134 Å². The van der Waals surface area contributed by atoms with E-state index in [-0.39, 0.29) is 5.54 Å². The maximum atomic E-state index is 6.61. The molecule has 0 unspecified atom stereocenters. The highest BCUT2D eigenvalue weighted by Crippen LogP contribution is 2.41. The Morgan fingerprint density at radius 2 is 1.21 bits per heavy atom. The van der Waals surface area contributed by atoms with Gasteiger partial charge in [-0.05, 0) is 63.2 Å². The molecule has 5 aromatic carbocycles. The summed E-state index contributed by atoms with van der Waals surface area (Å²) in [6.45, 7) is 7.50. The van der Waals surface area contributed by atoms with E-state index in [0.717, 1.165) is 51.4 Å². The lowest BCUT2D eigenvalue weighted by molar-refractivity contribution is 0.223. The molecule has 1 aliphatic rings. The maximum Gasteiger partial charge on any atom is 0.162 e. The quantitative estimate of drug-likeness (QED) is 0.196. The summed E-state index contributed by atoms with van der Waals surface area (Å²) in [5.41, 5.74) is 7.68. The number of aromatic nitrogens is 3. The van der Waals surface area contributed by atoms with Crippen LogP contribution in [0.5, 0.6) is 11.5 Å². The Morgan fingerprint density at radius 1 is 0.562 bits per heavy atom. The number of hydrogen-bond acceptors (Lipinski definition) is 4. The van der Waals surface area contributed by atoms with Crippen LogP contribution in [0.3, 0.4) is 0 Å². The van der Waals surface area contributed by atoms with Crippen LogP contribution in [-0.2, 0) is 0 Å². The predicted octanol–water partition coefficient (Wildman–Crippen LogP) is 10.5. The Kier molecular flexibility index (Phi) is 5.51. The summed E-state index contributed by atoms with van der Waals surface area (Å²) in [5, 5.41) is 7.24. The molecule has 4 aromatic heterocycles. The number of fused-ring (bicyclic) bond motifs is 10. The molecular weight excluding hydrogens is 590 g/mol. The zero-order valence-electron chi connectivity index (χ0n) is 27.1. The average Bonchev–Trinajstić information content (AvgIpc) is 3.81. The first-order valence-corrected chi connectivity index (χ1v) is 16.5. The van der Waals surface area contributed by atoms with Gasteiger partial charge in [-0.25, -0.2) is 4.98 Å².